The summed E-state index contributed by atoms with van der Waals surface area (Å²) in [6, 6.07) is 4.28. The van der Waals surface area contributed by atoms with E-state index in [1.807, 2.05) is 6.92 Å². The Balaban J connectivity index is 2.34. The van der Waals surface area contributed by atoms with E-state index in [0.29, 0.717) is 0 Å². The molecule has 0 radical (unpaired) electrons. The van der Waals surface area contributed by atoms with E-state index in [9.17, 15) is 0 Å². The number of aryl methyl sites for hydroxylation is 1. The first-order valence-electron chi connectivity index (χ1n) is 4.89. The molecule has 2 rings (SSSR count). The summed E-state index contributed by atoms with van der Waals surface area (Å²) in [6.45, 7) is 4.40. The van der Waals surface area contributed by atoms with Crippen LogP contribution in [0, 0.1) is 6.92 Å². The first-order chi connectivity index (χ1) is 6.68. The zero-order chi connectivity index (χ0) is 10.1. The summed E-state index contributed by atoms with van der Waals surface area (Å²) in [7, 11) is 0. The van der Waals surface area contributed by atoms with E-state index in [1.165, 1.54) is 31.6 Å². The summed E-state index contributed by atoms with van der Waals surface area (Å²) in [5, 5.41) is 0.827. The van der Waals surface area contributed by atoms with Gasteiger partial charge in [0, 0.05) is 23.2 Å². The van der Waals surface area contributed by atoms with Gasteiger partial charge in [0.1, 0.15) is 0 Å². The normalized spacial score (nSPS) is 16.4. The second kappa shape index (κ2) is 4.11. The third kappa shape index (κ3) is 1.91. The van der Waals surface area contributed by atoms with Gasteiger partial charge >= 0.3 is 0 Å². The molecule has 76 valence electrons. The lowest BCUT2D eigenvalue weighted by molar-refractivity contribution is 0.949. The van der Waals surface area contributed by atoms with Crippen molar-refractivity contribution in [1.82, 2.24) is 0 Å². The number of rotatable bonds is 1. The highest BCUT2D eigenvalue weighted by atomic mass is 79.9. The lowest BCUT2D eigenvalue weighted by Gasteiger charge is -2.19. The van der Waals surface area contributed by atoms with Crippen LogP contribution in [0.15, 0.2) is 16.6 Å². The predicted octanol–water partition coefficient (Wildman–Crippen LogP) is 4.01. The van der Waals surface area contributed by atoms with Crippen molar-refractivity contribution in [2.24, 2.45) is 0 Å². The molecule has 0 aromatic heterocycles. The Morgan fingerprint density at radius 2 is 1.93 bits per heavy atom. The Kier molecular flexibility index (Phi) is 3.03. The molecule has 1 nitrogen and oxygen atoms in total. The molecule has 1 saturated heterocycles. The SMILES string of the molecule is Cc1cc(N2CCCC2)cc(Br)c1Cl. The zero-order valence-corrected chi connectivity index (χ0v) is 10.5. The molecular weight excluding hydrogens is 261 g/mol. The molecule has 0 spiro atoms. The molecule has 0 saturated carbocycles. The molecule has 1 aromatic rings. The van der Waals surface area contributed by atoms with Crippen molar-refractivity contribution < 1.29 is 0 Å². The monoisotopic (exact) mass is 273 g/mol. The molecule has 0 N–H and O–H groups in total. The largest absolute Gasteiger partial charge is 0.371 e. The van der Waals surface area contributed by atoms with Crippen LogP contribution in [0.1, 0.15) is 18.4 Å². The quantitative estimate of drug-likeness (QED) is 0.748. The molecule has 0 bridgehead atoms. The van der Waals surface area contributed by atoms with Crippen LogP contribution in [0.4, 0.5) is 5.69 Å². The van der Waals surface area contributed by atoms with Gasteiger partial charge in [-0.25, -0.2) is 0 Å². The minimum Gasteiger partial charge on any atom is -0.371 e. The minimum absolute atomic E-state index is 0.827. The highest BCUT2D eigenvalue weighted by Crippen LogP contribution is 2.32. The van der Waals surface area contributed by atoms with Gasteiger partial charge in [0.2, 0.25) is 0 Å². The van der Waals surface area contributed by atoms with Gasteiger partial charge in [-0.15, -0.1) is 0 Å². The fourth-order valence-electron chi connectivity index (χ4n) is 1.87. The standard InChI is InChI=1S/C11H13BrClN/c1-8-6-9(7-10(12)11(8)13)14-4-2-3-5-14/h6-7H,2-5H2,1H3. The van der Waals surface area contributed by atoms with E-state index in [0.717, 1.165) is 15.1 Å². The van der Waals surface area contributed by atoms with Crippen LogP contribution in [0.2, 0.25) is 5.02 Å². The molecule has 0 unspecified atom stereocenters. The lowest BCUT2D eigenvalue weighted by atomic mass is 10.2. The predicted molar refractivity (Wildman–Crippen MR) is 65.3 cm³/mol. The van der Waals surface area contributed by atoms with Gasteiger partial charge in [-0.2, -0.15) is 0 Å². The highest BCUT2D eigenvalue weighted by molar-refractivity contribution is 9.10. The fourth-order valence-corrected chi connectivity index (χ4v) is 2.52. The Hall–Kier alpha value is -0.210. The summed E-state index contributed by atoms with van der Waals surface area (Å²) in [6.07, 6.45) is 2.61. The van der Waals surface area contributed by atoms with Crippen LogP contribution >= 0.6 is 27.5 Å². The number of halogens is 2. The third-order valence-corrected chi connectivity index (χ3v) is 4.02. The van der Waals surface area contributed by atoms with Gasteiger partial charge in [-0.1, -0.05) is 11.6 Å². The van der Waals surface area contributed by atoms with Crippen molar-refractivity contribution in [3.63, 3.8) is 0 Å². The maximum absolute atomic E-state index is 6.09. The smallest absolute Gasteiger partial charge is 0.0578 e. The van der Waals surface area contributed by atoms with Crippen molar-refractivity contribution in [3.8, 4) is 0 Å². The number of anilines is 1. The Morgan fingerprint density at radius 1 is 1.29 bits per heavy atom. The molecule has 1 fully saturated rings. The molecule has 3 heteroatoms. The summed E-state index contributed by atoms with van der Waals surface area (Å²) < 4.78 is 1.00. The van der Waals surface area contributed by atoms with Crippen molar-refractivity contribution in [2.75, 3.05) is 18.0 Å². The van der Waals surface area contributed by atoms with Crippen LogP contribution < -0.4 is 4.90 Å². The van der Waals surface area contributed by atoms with Crippen LogP contribution in [-0.2, 0) is 0 Å². The topological polar surface area (TPSA) is 3.24 Å². The van der Waals surface area contributed by atoms with Crippen molar-refractivity contribution in [2.45, 2.75) is 19.8 Å². The lowest BCUT2D eigenvalue weighted by Crippen LogP contribution is -2.17. The van der Waals surface area contributed by atoms with Gasteiger partial charge in [0.15, 0.2) is 0 Å². The van der Waals surface area contributed by atoms with Gasteiger partial charge in [-0.3, -0.25) is 0 Å². The maximum atomic E-state index is 6.09. The van der Waals surface area contributed by atoms with E-state index in [1.54, 1.807) is 0 Å². The van der Waals surface area contributed by atoms with Gasteiger partial charge in [-0.05, 0) is 53.4 Å². The molecule has 0 aliphatic carbocycles. The maximum Gasteiger partial charge on any atom is 0.0578 e. The highest BCUT2D eigenvalue weighted by Gasteiger charge is 2.14. The Morgan fingerprint density at radius 3 is 2.50 bits per heavy atom. The first-order valence-corrected chi connectivity index (χ1v) is 6.06. The number of benzene rings is 1. The molecule has 0 amide bonds. The second-order valence-electron chi connectivity index (χ2n) is 3.75. The van der Waals surface area contributed by atoms with Gasteiger partial charge in [0.05, 0.1) is 5.02 Å². The van der Waals surface area contributed by atoms with E-state index in [4.69, 9.17) is 11.6 Å². The number of nitrogens with zero attached hydrogens (tertiary/aromatic N) is 1. The second-order valence-corrected chi connectivity index (χ2v) is 4.98. The Labute approximate surface area is 98.2 Å². The molecule has 1 aliphatic rings. The molecule has 1 heterocycles. The summed E-state index contributed by atoms with van der Waals surface area (Å²) in [5.41, 5.74) is 2.43. The average molecular weight is 275 g/mol. The molecule has 1 aliphatic heterocycles. The number of hydrogen-bond donors (Lipinski definition) is 0. The van der Waals surface area contributed by atoms with Crippen LogP contribution in [0.25, 0.3) is 0 Å². The third-order valence-electron chi connectivity index (χ3n) is 2.67. The molecule has 1 aromatic carbocycles. The molecule has 0 atom stereocenters. The zero-order valence-electron chi connectivity index (χ0n) is 8.19. The van der Waals surface area contributed by atoms with Gasteiger partial charge in [0.25, 0.3) is 0 Å². The summed E-state index contributed by atoms with van der Waals surface area (Å²) in [5.74, 6) is 0. The van der Waals surface area contributed by atoms with E-state index >= 15 is 0 Å². The number of hydrogen-bond acceptors (Lipinski definition) is 1. The van der Waals surface area contributed by atoms with Crippen LogP contribution in [-0.4, -0.2) is 13.1 Å². The minimum atomic E-state index is 0.827. The molecular formula is C11H13BrClN. The van der Waals surface area contributed by atoms with Crippen LogP contribution in [0.3, 0.4) is 0 Å². The van der Waals surface area contributed by atoms with Crippen molar-refractivity contribution >= 4 is 33.2 Å². The molecule has 14 heavy (non-hydrogen) atoms. The Bertz CT molecular complexity index is 322. The van der Waals surface area contributed by atoms with Crippen molar-refractivity contribution in [3.05, 3.63) is 27.2 Å². The van der Waals surface area contributed by atoms with Gasteiger partial charge < -0.3 is 4.90 Å². The summed E-state index contributed by atoms with van der Waals surface area (Å²) in [4.78, 5) is 2.41. The van der Waals surface area contributed by atoms with E-state index < -0.39 is 0 Å². The van der Waals surface area contributed by atoms with E-state index in [2.05, 4.69) is 33.0 Å². The van der Waals surface area contributed by atoms with Crippen molar-refractivity contribution in [1.29, 1.82) is 0 Å². The fraction of sp³-hybridized carbons (Fsp3) is 0.455. The summed E-state index contributed by atoms with van der Waals surface area (Å²) >= 11 is 9.58. The first kappa shape index (κ1) is 10.3. The van der Waals surface area contributed by atoms with Crippen LogP contribution in [0.5, 0.6) is 0 Å². The van der Waals surface area contributed by atoms with E-state index in [-0.39, 0.29) is 0 Å². The average Bonchev–Trinajstić information content (AvgIpc) is 2.66.